The minimum atomic E-state index is -0.519. The van der Waals surface area contributed by atoms with Crippen molar-refractivity contribution in [3.8, 4) is 0 Å². The van der Waals surface area contributed by atoms with Crippen molar-refractivity contribution in [3.63, 3.8) is 0 Å². The summed E-state index contributed by atoms with van der Waals surface area (Å²) in [7, 11) is 1.93. The van der Waals surface area contributed by atoms with Gasteiger partial charge in [-0.2, -0.15) is 0 Å². The van der Waals surface area contributed by atoms with Crippen LogP contribution in [0.3, 0.4) is 0 Å². The first kappa shape index (κ1) is 11.4. The Balaban J connectivity index is 4.06. The molecule has 0 aromatic carbocycles. The van der Waals surface area contributed by atoms with Gasteiger partial charge in [-0.25, -0.2) is 0 Å². The second-order valence-corrected chi connectivity index (χ2v) is 3.70. The van der Waals surface area contributed by atoms with Gasteiger partial charge < -0.3 is 5.73 Å². The molecule has 0 aliphatic heterocycles. The average molecular weight is 172 g/mol. The molecule has 0 radical (unpaired) electrons. The van der Waals surface area contributed by atoms with Gasteiger partial charge in [-0.3, -0.25) is 9.69 Å². The fraction of sp³-hybridized carbons (Fsp3) is 0.889. The summed E-state index contributed by atoms with van der Waals surface area (Å²) in [5.74, 6) is -0.263. The minimum absolute atomic E-state index is 0.263. The predicted molar refractivity (Wildman–Crippen MR) is 50.8 cm³/mol. The zero-order chi connectivity index (χ0) is 9.78. The van der Waals surface area contributed by atoms with Gasteiger partial charge in [0.15, 0.2) is 0 Å². The molecule has 0 bridgehead atoms. The monoisotopic (exact) mass is 172 g/mol. The number of likely N-dealkylation sites (N-methyl/N-ethyl adjacent to an activating group) is 1. The van der Waals surface area contributed by atoms with Crippen molar-refractivity contribution < 1.29 is 4.79 Å². The maximum Gasteiger partial charge on any atom is 0.237 e. The first-order valence-corrected chi connectivity index (χ1v) is 4.44. The van der Waals surface area contributed by atoms with E-state index in [-0.39, 0.29) is 5.91 Å². The van der Waals surface area contributed by atoms with Crippen LogP contribution in [0.1, 0.15) is 33.6 Å². The van der Waals surface area contributed by atoms with E-state index in [0.29, 0.717) is 0 Å². The van der Waals surface area contributed by atoms with Gasteiger partial charge in [0, 0.05) is 0 Å². The van der Waals surface area contributed by atoms with Gasteiger partial charge in [-0.15, -0.1) is 0 Å². The number of unbranched alkanes of at least 4 members (excludes halogenated alkanes) is 1. The van der Waals surface area contributed by atoms with Crippen LogP contribution < -0.4 is 5.73 Å². The zero-order valence-electron chi connectivity index (χ0n) is 8.55. The molecule has 0 heterocycles. The molecule has 0 atom stereocenters. The third-order valence-corrected chi connectivity index (χ3v) is 2.40. The van der Waals surface area contributed by atoms with Crippen molar-refractivity contribution in [2.45, 2.75) is 39.2 Å². The Kier molecular flexibility index (Phi) is 4.24. The standard InChI is InChI=1S/C9H20N2O/c1-5-6-7-11(4)9(2,3)8(10)12/h5-7H2,1-4H3,(H2,10,12). The Hall–Kier alpha value is -0.570. The van der Waals surface area contributed by atoms with E-state index in [1.54, 1.807) is 0 Å². The van der Waals surface area contributed by atoms with Crippen LogP contribution in [-0.4, -0.2) is 29.9 Å². The smallest absolute Gasteiger partial charge is 0.237 e. The maximum absolute atomic E-state index is 11.0. The van der Waals surface area contributed by atoms with Crippen LogP contribution in [0, 0.1) is 0 Å². The summed E-state index contributed by atoms with van der Waals surface area (Å²) in [4.78, 5) is 13.0. The van der Waals surface area contributed by atoms with Gasteiger partial charge in [-0.1, -0.05) is 13.3 Å². The molecule has 0 aliphatic carbocycles. The summed E-state index contributed by atoms with van der Waals surface area (Å²) in [6, 6.07) is 0. The molecule has 0 aliphatic rings. The Labute approximate surface area is 74.9 Å². The van der Waals surface area contributed by atoms with E-state index < -0.39 is 5.54 Å². The Morgan fingerprint density at radius 2 is 2.00 bits per heavy atom. The Morgan fingerprint density at radius 1 is 1.50 bits per heavy atom. The first-order chi connectivity index (χ1) is 5.42. The highest BCUT2D eigenvalue weighted by Gasteiger charge is 2.28. The molecule has 3 nitrogen and oxygen atoms in total. The lowest BCUT2D eigenvalue weighted by atomic mass is 10.0. The van der Waals surface area contributed by atoms with Crippen LogP contribution in [0.25, 0.3) is 0 Å². The van der Waals surface area contributed by atoms with Crippen molar-refractivity contribution in [2.24, 2.45) is 5.73 Å². The second kappa shape index (κ2) is 4.45. The number of nitrogens with two attached hydrogens (primary N) is 1. The van der Waals surface area contributed by atoms with Crippen molar-refractivity contribution in [3.05, 3.63) is 0 Å². The molecule has 0 rings (SSSR count). The fourth-order valence-corrected chi connectivity index (χ4v) is 0.863. The number of carbonyl (C=O) groups is 1. The molecule has 2 N–H and O–H groups in total. The third-order valence-electron chi connectivity index (χ3n) is 2.40. The lowest BCUT2D eigenvalue weighted by Gasteiger charge is -2.32. The van der Waals surface area contributed by atoms with Crippen molar-refractivity contribution in [2.75, 3.05) is 13.6 Å². The van der Waals surface area contributed by atoms with Gasteiger partial charge in [0.1, 0.15) is 0 Å². The van der Waals surface area contributed by atoms with E-state index in [1.807, 2.05) is 25.8 Å². The molecule has 12 heavy (non-hydrogen) atoms. The summed E-state index contributed by atoms with van der Waals surface area (Å²) in [6.07, 6.45) is 2.24. The van der Waals surface area contributed by atoms with E-state index in [9.17, 15) is 4.79 Å². The molecule has 1 amide bonds. The van der Waals surface area contributed by atoms with Gasteiger partial charge in [0.2, 0.25) is 5.91 Å². The Morgan fingerprint density at radius 3 is 2.33 bits per heavy atom. The molecular formula is C9H20N2O. The number of rotatable bonds is 5. The number of hydrogen-bond donors (Lipinski definition) is 1. The van der Waals surface area contributed by atoms with Gasteiger partial charge >= 0.3 is 0 Å². The summed E-state index contributed by atoms with van der Waals surface area (Å²) in [5.41, 5.74) is 4.74. The number of carbonyl (C=O) groups excluding carboxylic acids is 1. The maximum atomic E-state index is 11.0. The molecule has 0 aromatic heterocycles. The SMILES string of the molecule is CCCCN(C)C(C)(C)C(N)=O. The second-order valence-electron chi connectivity index (χ2n) is 3.70. The molecule has 0 saturated carbocycles. The molecule has 3 heteroatoms. The van der Waals surface area contributed by atoms with E-state index in [1.165, 1.54) is 0 Å². The highest BCUT2D eigenvalue weighted by Crippen LogP contribution is 2.11. The van der Waals surface area contributed by atoms with Crippen LogP contribution in [0.4, 0.5) is 0 Å². The van der Waals surface area contributed by atoms with E-state index in [2.05, 4.69) is 6.92 Å². The highest BCUT2D eigenvalue weighted by atomic mass is 16.1. The normalized spacial score (nSPS) is 12.1. The zero-order valence-corrected chi connectivity index (χ0v) is 8.55. The lowest BCUT2D eigenvalue weighted by Crippen LogP contribution is -2.51. The quantitative estimate of drug-likeness (QED) is 0.672. The van der Waals surface area contributed by atoms with Crippen LogP contribution in [0.5, 0.6) is 0 Å². The van der Waals surface area contributed by atoms with Crippen LogP contribution >= 0.6 is 0 Å². The molecule has 72 valence electrons. The molecule has 0 aromatic rings. The summed E-state index contributed by atoms with van der Waals surface area (Å²) in [5, 5.41) is 0. The molecule has 0 spiro atoms. The molecular weight excluding hydrogens is 152 g/mol. The summed E-state index contributed by atoms with van der Waals surface area (Å²) < 4.78 is 0. The van der Waals surface area contributed by atoms with Gasteiger partial charge in [0.25, 0.3) is 0 Å². The largest absolute Gasteiger partial charge is 0.368 e. The topological polar surface area (TPSA) is 46.3 Å². The highest BCUT2D eigenvalue weighted by molar-refractivity contribution is 5.83. The van der Waals surface area contributed by atoms with Crippen LogP contribution in [0.2, 0.25) is 0 Å². The first-order valence-electron chi connectivity index (χ1n) is 4.44. The number of primary amides is 1. The van der Waals surface area contributed by atoms with Crippen molar-refractivity contribution in [1.82, 2.24) is 4.90 Å². The summed E-state index contributed by atoms with van der Waals surface area (Å²) >= 11 is 0. The van der Waals surface area contributed by atoms with Crippen molar-refractivity contribution >= 4 is 5.91 Å². The third kappa shape index (κ3) is 2.81. The molecule has 0 fully saturated rings. The summed E-state index contributed by atoms with van der Waals surface area (Å²) in [6.45, 7) is 6.76. The lowest BCUT2D eigenvalue weighted by molar-refractivity contribution is -0.127. The number of amides is 1. The fourth-order valence-electron chi connectivity index (χ4n) is 0.863. The Bertz CT molecular complexity index is 155. The van der Waals surface area contributed by atoms with E-state index in [0.717, 1.165) is 19.4 Å². The van der Waals surface area contributed by atoms with Gasteiger partial charge in [0.05, 0.1) is 5.54 Å². The van der Waals surface area contributed by atoms with Gasteiger partial charge in [-0.05, 0) is 33.9 Å². The predicted octanol–water partition coefficient (Wildman–Crippen LogP) is 0.982. The minimum Gasteiger partial charge on any atom is -0.368 e. The number of nitrogens with zero attached hydrogens (tertiary/aromatic N) is 1. The molecule has 0 unspecified atom stereocenters. The van der Waals surface area contributed by atoms with Crippen molar-refractivity contribution in [1.29, 1.82) is 0 Å². The van der Waals surface area contributed by atoms with Crippen LogP contribution in [-0.2, 0) is 4.79 Å². The van der Waals surface area contributed by atoms with E-state index >= 15 is 0 Å². The average Bonchev–Trinajstić information content (AvgIpc) is 1.99. The number of hydrogen-bond acceptors (Lipinski definition) is 2. The molecule has 0 saturated heterocycles. The van der Waals surface area contributed by atoms with E-state index in [4.69, 9.17) is 5.73 Å². The van der Waals surface area contributed by atoms with Crippen LogP contribution in [0.15, 0.2) is 0 Å².